The van der Waals surface area contributed by atoms with Crippen LogP contribution in [0.5, 0.6) is 0 Å². The lowest BCUT2D eigenvalue weighted by molar-refractivity contribution is -0.137. The Balaban J connectivity index is 1.63. The van der Waals surface area contributed by atoms with Crippen LogP contribution < -0.4 is 10.2 Å². The van der Waals surface area contributed by atoms with Crippen molar-refractivity contribution >= 4 is 17.9 Å². The molecule has 0 spiro atoms. The Hall–Kier alpha value is -3.23. The van der Waals surface area contributed by atoms with Crippen molar-refractivity contribution in [3.63, 3.8) is 0 Å². The topological polar surface area (TPSA) is 67.9 Å². The molecule has 9 heteroatoms. The van der Waals surface area contributed by atoms with E-state index in [0.29, 0.717) is 5.69 Å². The summed E-state index contributed by atoms with van der Waals surface area (Å²) in [6, 6.07) is 11.3. The minimum absolute atomic E-state index is 0.0355. The molecular formula is C25H27F3N2O4. The van der Waals surface area contributed by atoms with Crippen molar-refractivity contribution in [1.82, 2.24) is 5.32 Å². The van der Waals surface area contributed by atoms with Crippen molar-refractivity contribution in [2.75, 3.05) is 4.90 Å². The highest BCUT2D eigenvalue weighted by molar-refractivity contribution is 5.91. The third-order valence-electron chi connectivity index (χ3n) is 6.00. The predicted molar refractivity (Wildman–Crippen MR) is 119 cm³/mol. The maximum Gasteiger partial charge on any atom is 0.416 e. The van der Waals surface area contributed by atoms with Gasteiger partial charge in [0.05, 0.1) is 23.4 Å². The first-order valence-electron chi connectivity index (χ1n) is 11.3. The smallest absolute Gasteiger partial charge is 0.416 e. The van der Waals surface area contributed by atoms with Crippen LogP contribution in [0.3, 0.4) is 0 Å². The maximum absolute atomic E-state index is 13.5. The number of ether oxygens (including phenoxy) is 2. The summed E-state index contributed by atoms with van der Waals surface area (Å²) >= 11 is 0. The summed E-state index contributed by atoms with van der Waals surface area (Å²) in [6.07, 6.45) is -4.21. The SMILES string of the molecule is CC(C)OC(=O)N1c2ccc(C(F)(F)F)cc2[C@H](NC(=O)OCc2ccccc2)C[C@@H]1C1CC1. The highest BCUT2D eigenvalue weighted by Crippen LogP contribution is 2.47. The summed E-state index contributed by atoms with van der Waals surface area (Å²) in [5, 5.41) is 2.73. The van der Waals surface area contributed by atoms with Gasteiger partial charge in [0.15, 0.2) is 0 Å². The number of nitrogens with one attached hydrogen (secondary N) is 1. The van der Waals surface area contributed by atoms with Crippen molar-refractivity contribution < 1.29 is 32.2 Å². The summed E-state index contributed by atoms with van der Waals surface area (Å²) < 4.78 is 51.2. The van der Waals surface area contributed by atoms with Gasteiger partial charge in [-0.25, -0.2) is 9.59 Å². The molecule has 1 saturated carbocycles. The van der Waals surface area contributed by atoms with E-state index in [1.165, 1.54) is 11.0 Å². The number of rotatable bonds is 5. The lowest BCUT2D eigenvalue weighted by Crippen LogP contribution is -2.49. The molecule has 0 aromatic heterocycles. The van der Waals surface area contributed by atoms with E-state index in [4.69, 9.17) is 9.47 Å². The maximum atomic E-state index is 13.5. The molecule has 4 rings (SSSR count). The first-order valence-corrected chi connectivity index (χ1v) is 11.3. The lowest BCUT2D eigenvalue weighted by Gasteiger charge is -2.41. The largest absolute Gasteiger partial charge is 0.446 e. The Labute approximate surface area is 196 Å². The van der Waals surface area contributed by atoms with E-state index in [9.17, 15) is 22.8 Å². The third-order valence-corrected chi connectivity index (χ3v) is 6.00. The van der Waals surface area contributed by atoms with Crippen molar-refractivity contribution in [2.24, 2.45) is 5.92 Å². The van der Waals surface area contributed by atoms with Gasteiger partial charge in [-0.1, -0.05) is 30.3 Å². The number of halogens is 3. The summed E-state index contributed by atoms with van der Waals surface area (Å²) in [6.45, 7) is 3.47. The zero-order chi connectivity index (χ0) is 24.5. The summed E-state index contributed by atoms with van der Waals surface area (Å²) in [7, 11) is 0. The summed E-state index contributed by atoms with van der Waals surface area (Å²) in [5.41, 5.74) is 0.469. The highest BCUT2D eigenvalue weighted by atomic mass is 19.4. The number of anilines is 1. The standard InChI is InChI=1S/C25H27F3N2O4/c1-15(2)34-24(32)30-21-11-10-18(25(26,27)28)12-19(21)20(13-22(30)17-8-9-17)29-23(31)33-14-16-6-4-3-5-7-16/h3-7,10-12,15,17,20,22H,8-9,13-14H2,1-2H3,(H,29,31)/t20-,22-/m1/s1. The first-order chi connectivity index (χ1) is 16.1. The molecule has 34 heavy (non-hydrogen) atoms. The number of carbonyl (C=O) groups is 2. The van der Waals surface area contributed by atoms with Crippen LogP contribution in [-0.4, -0.2) is 24.3 Å². The van der Waals surface area contributed by atoms with Gasteiger partial charge < -0.3 is 14.8 Å². The Morgan fingerprint density at radius 1 is 1.12 bits per heavy atom. The molecule has 0 radical (unpaired) electrons. The normalized spacial score (nSPS) is 20.0. The van der Waals surface area contributed by atoms with E-state index in [2.05, 4.69) is 5.32 Å². The molecule has 182 valence electrons. The predicted octanol–water partition coefficient (Wildman–Crippen LogP) is 6.21. The third kappa shape index (κ3) is 5.46. The molecule has 2 atom stereocenters. The number of nitrogens with zero attached hydrogens (tertiary/aromatic N) is 1. The number of hydrogen-bond donors (Lipinski definition) is 1. The number of alkyl carbamates (subject to hydrolysis) is 1. The Morgan fingerprint density at radius 2 is 1.82 bits per heavy atom. The van der Waals surface area contributed by atoms with E-state index in [1.54, 1.807) is 26.0 Å². The van der Waals surface area contributed by atoms with Crippen molar-refractivity contribution in [1.29, 1.82) is 0 Å². The number of carbonyl (C=O) groups excluding carboxylic acids is 2. The molecule has 0 unspecified atom stereocenters. The molecule has 1 aliphatic heterocycles. The quantitative estimate of drug-likeness (QED) is 0.557. The van der Waals surface area contributed by atoms with Gasteiger partial charge >= 0.3 is 18.4 Å². The molecule has 1 N–H and O–H groups in total. The van der Waals surface area contributed by atoms with Crippen LogP contribution in [0.15, 0.2) is 48.5 Å². The molecule has 0 bridgehead atoms. The van der Waals surface area contributed by atoms with Crippen LogP contribution in [0.2, 0.25) is 0 Å². The molecular weight excluding hydrogens is 449 g/mol. The van der Waals surface area contributed by atoms with Gasteiger partial charge in [0.25, 0.3) is 0 Å². The van der Waals surface area contributed by atoms with Gasteiger partial charge in [-0.05, 0) is 68.4 Å². The molecule has 0 saturated heterocycles. The molecule has 1 heterocycles. The molecule has 2 aromatic carbocycles. The zero-order valence-electron chi connectivity index (χ0n) is 19.0. The monoisotopic (exact) mass is 476 g/mol. The van der Waals surface area contributed by atoms with Gasteiger partial charge in [0.1, 0.15) is 6.61 Å². The van der Waals surface area contributed by atoms with Crippen LogP contribution >= 0.6 is 0 Å². The van der Waals surface area contributed by atoms with Crippen molar-refractivity contribution in [2.45, 2.75) is 64.1 Å². The van der Waals surface area contributed by atoms with Crippen molar-refractivity contribution in [3.8, 4) is 0 Å². The second kappa shape index (κ2) is 9.56. The van der Waals surface area contributed by atoms with Gasteiger partial charge in [-0.3, -0.25) is 4.90 Å². The molecule has 2 aliphatic rings. The van der Waals surface area contributed by atoms with E-state index >= 15 is 0 Å². The number of amides is 2. The number of alkyl halides is 3. The van der Waals surface area contributed by atoms with Crippen molar-refractivity contribution in [3.05, 3.63) is 65.2 Å². The molecule has 6 nitrogen and oxygen atoms in total. The number of hydrogen-bond acceptors (Lipinski definition) is 4. The zero-order valence-corrected chi connectivity index (χ0v) is 19.0. The van der Waals surface area contributed by atoms with E-state index in [1.807, 2.05) is 18.2 Å². The van der Waals surface area contributed by atoms with Crippen LogP contribution in [0.4, 0.5) is 28.4 Å². The average Bonchev–Trinajstić information content (AvgIpc) is 3.62. The number of benzene rings is 2. The second-order valence-electron chi connectivity index (χ2n) is 8.97. The number of fused-ring (bicyclic) bond motifs is 1. The van der Waals surface area contributed by atoms with Crippen LogP contribution in [0.25, 0.3) is 0 Å². The van der Waals surface area contributed by atoms with Gasteiger partial charge in [0, 0.05) is 6.04 Å². The minimum atomic E-state index is -4.57. The van der Waals surface area contributed by atoms with Crippen LogP contribution in [-0.2, 0) is 22.3 Å². The van der Waals surface area contributed by atoms with E-state index < -0.39 is 30.0 Å². The minimum Gasteiger partial charge on any atom is -0.446 e. The Bertz CT molecular complexity index is 1040. The van der Waals surface area contributed by atoms with E-state index in [-0.39, 0.29) is 36.7 Å². The van der Waals surface area contributed by atoms with Gasteiger partial charge in [-0.2, -0.15) is 13.2 Å². The van der Waals surface area contributed by atoms with Gasteiger partial charge in [0.2, 0.25) is 0 Å². The van der Waals surface area contributed by atoms with Crippen LogP contribution in [0.1, 0.15) is 55.8 Å². The summed E-state index contributed by atoms with van der Waals surface area (Å²) in [4.78, 5) is 27.0. The van der Waals surface area contributed by atoms with Crippen LogP contribution in [0, 0.1) is 5.92 Å². The van der Waals surface area contributed by atoms with Gasteiger partial charge in [-0.15, -0.1) is 0 Å². The Kier molecular flexibility index (Phi) is 6.72. The fourth-order valence-electron chi connectivity index (χ4n) is 4.30. The molecule has 2 aromatic rings. The molecule has 2 amide bonds. The lowest BCUT2D eigenvalue weighted by atomic mass is 9.88. The fraction of sp³-hybridized carbons (Fsp3) is 0.440. The Morgan fingerprint density at radius 3 is 2.44 bits per heavy atom. The first kappa shape index (κ1) is 23.9. The average molecular weight is 476 g/mol. The fourth-order valence-corrected chi connectivity index (χ4v) is 4.30. The molecule has 1 fully saturated rings. The summed E-state index contributed by atoms with van der Waals surface area (Å²) in [5.74, 6) is 0.194. The van der Waals surface area contributed by atoms with E-state index in [0.717, 1.165) is 30.5 Å². The molecule has 1 aliphatic carbocycles. The highest BCUT2D eigenvalue weighted by Gasteiger charge is 2.46. The second-order valence-corrected chi connectivity index (χ2v) is 8.97.